The van der Waals surface area contributed by atoms with Crippen molar-refractivity contribution in [2.45, 2.75) is 44.9 Å². The van der Waals surface area contributed by atoms with Crippen molar-refractivity contribution in [2.75, 3.05) is 0 Å². The van der Waals surface area contributed by atoms with E-state index in [-0.39, 0.29) is 10.8 Å². The molecule has 3 aliphatic carbocycles. The highest BCUT2D eigenvalue weighted by molar-refractivity contribution is 5.95. The zero-order chi connectivity index (χ0) is 13.8. The Labute approximate surface area is 121 Å². The highest BCUT2D eigenvalue weighted by atomic mass is 16.1. The van der Waals surface area contributed by atoms with E-state index in [1.165, 1.54) is 18.4 Å². The number of ketones is 1. The van der Waals surface area contributed by atoms with E-state index in [0.29, 0.717) is 17.6 Å². The van der Waals surface area contributed by atoms with Gasteiger partial charge in [0.25, 0.3) is 0 Å². The topological polar surface area (TPSA) is 17.1 Å². The van der Waals surface area contributed by atoms with E-state index in [2.05, 4.69) is 49.4 Å². The summed E-state index contributed by atoms with van der Waals surface area (Å²) >= 11 is 0. The maximum absolute atomic E-state index is 13.3. The van der Waals surface area contributed by atoms with Crippen molar-refractivity contribution in [1.29, 1.82) is 0 Å². The molecule has 3 aliphatic rings. The zero-order valence-corrected chi connectivity index (χ0v) is 12.1. The van der Waals surface area contributed by atoms with E-state index in [0.717, 1.165) is 19.3 Å². The fraction of sp³-hybridized carbons (Fsp3) is 0.526. The second kappa shape index (κ2) is 4.07. The first-order valence-electron chi connectivity index (χ1n) is 7.93. The Morgan fingerprint density at radius 1 is 1.20 bits per heavy atom. The fourth-order valence-corrected chi connectivity index (χ4v) is 5.25. The van der Waals surface area contributed by atoms with Gasteiger partial charge in [0.1, 0.15) is 5.78 Å². The molecule has 104 valence electrons. The molecule has 1 spiro atoms. The van der Waals surface area contributed by atoms with Gasteiger partial charge in [0.05, 0.1) is 0 Å². The van der Waals surface area contributed by atoms with Gasteiger partial charge >= 0.3 is 0 Å². The normalized spacial score (nSPS) is 42.5. The van der Waals surface area contributed by atoms with Crippen LogP contribution in [0.3, 0.4) is 0 Å². The van der Waals surface area contributed by atoms with Gasteiger partial charge in [0.15, 0.2) is 0 Å². The number of fused-ring (bicyclic) bond motifs is 1. The molecule has 20 heavy (non-hydrogen) atoms. The van der Waals surface area contributed by atoms with E-state index in [4.69, 9.17) is 0 Å². The zero-order valence-electron chi connectivity index (χ0n) is 12.1. The predicted molar refractivity (Wildman–Crippen MR) is 80.4 cm³/mol. The monoisotopic (exact) mass is 266 g/mol. The highest BCUT2D eigenvalue weighted by Gasteiger charge is 2.64. The first-order valence-corrected chi connectivity index (χ1v) is 7.93. The SMILES string of the molecule is C[C@@]12CC=C[C@@H]3CCC[C@]3(C1=O)[C@@H](c1ccccc1)C2. The second-order valence-electron chi connectivity index (χ2n) is 7.23. The minimum atomic E-state index is -0.129. The Morgan fingerprint density at radius 3 is 2.80 bits per heavy atom. The average molecular weight is 266 g/mol. The Bertz CT molecular complexity index is 573. The van der Waals surface area contributed by atoms with Gasteiger partial charge in [-0.15, -0.1) is 0 Å². The van der Waals surface area contributed by atoms with Crippen molar-refractivity contribution in [3.63, 3.8) is 0 Å². The lowest BCUT2D eigenvalue weighted by molar-refractivity contribution is -0.134. The van der Waals surface area contributed by atoms with Crippen molar-refractivity contribution >= 4 is 5.78 Å². The molecule has 0 radical (unpaired) electrons. The number of allylic oxidation sites excluding steroid dienone is 2. The summed E-state index contributed by atoms with van der Waals surface area (Å²) in [7, 11) is 0. The molecular formula is C19H22O. The van der Waals surface area contributed by atoms with Crippen molar-refractivity contribution < 1.29 is 4.79 Å². The lowest BCUT2D eigenvalue weighted by Crippen LogP contribution is -2.37. The number of hydrogen-bond donors (Lipinski definition) is 0. The van der Waals surface area contributed by atoms with Gasteiger partial charge in [-0.3, -0.25) is 4.79 Å². The molecule has 0 N–H and O–H groups in total. The molecule has 0 aromatic heterocycles. The van der Waals surface area contributed by atoms with Crippen LogP contribution in [-0.2, 0) is 4.79 Å². The molecule has 2 bridgehead atoms. The molecule has 4 atom stereocenters. The van der Waals surface area contributed by atoms with Gasteiger partial charge in [-0.1, -0.05) is 55.8 Å². The third-order valence-electron chi connectivity index (χ3n) is 6.15. The molecule has 0 saturated heterocycles. The van der Waals surface area contributed by atoms with Crippen LogP contribution in [0.2, 0.25) is 0 Å². The molecule has 0 unspecified atom stereocenters. The minimum Gasteiger partial charge on any atom is -0.298 e. The Kier molecular flexibility index (Phi) is 2.52. The quantitative estimate of drug-likeness (QED) is 0.684. The van der Waals surface area contributed by atoms with E-state index in [9.17, 15) is 4.79 Å². The van der Waals surface area contributed by atoms with Crippen molar-refractivity contribution in [3.8, 4) is 0 Å². The van der Waals surface area contributed by atoms with Crippen LogP contribution in [0.4, 0.5) is 0 Å². The molecule has 1 heteroatoms. The molecule has 1 aromatic carbocycles. The van der Waals surface area contributed by atoms with Crippen LogP contribution >= 0.6 is 0 Å². The van der Waals surface area contributed by atoms with Crippen molar-refractivity contribution in [1.82, 2.24) is 0 Å². The molecule has 2 fully saturated rings. The van der Waals surface area contributed by atoms with Crippen LogP contribution in [0, 0.1) is 16.7 Å². The lowest BCUT2D eigenvalue weighted by Gasteiger charge is -2.35. The maximum Gasteiger partial charge on any atom is 0.146 e. The third-order valence-corrected chi connectivity index (χ3v) is 6.15. The number of benzene rings is 1. The van der Waals surface area contributed by atoms with E-state index >= 15 is 0 Å². The summed E-state index contributed by atoms with van der Waals surface area (Å²) in [5.41, 5.74) is 1.16. The van der Waals surface area contributed by atoms with E-state index in [1.54, 1.807) is 0 Å². The molecule has 4 rings (SSSR count). The van der Waals surface area contributed by atoms with E-state index in [1.807, 2.05) is 0 Å². The standard InChI is InChI=1S/C19H22O/c1-18-11-5-9-15-10-6-12-19(15,17(18)20)16(13-18)14-7-3-2-4-8-14/h2-5,7-9,15-16H,6,10-13H2,1H3/t15-,16-,18+,19-/m1/s1. The Balaban J connectivity index is 1.89. The van der Waals surface area contributed by atoms with Crippen LogP contribution in [0.1, 0.15) is 50.5 Å². The lowest BCUT2D eigenvalue weighted by atomic mass is 9.67. The fourth-order valence-electron chi connectivity index (χ4n) is 5.25. The van der Waals surface area contributed by atoms with Gasteiger partial charge in [-0.05, 0) is 43.1 Å². The van der Waals surface area contributed by atoms with Crippen LogP contribution in [-0.4, -0.2) is 5.78 Å². The van der Waals surface area contributed by atoms with Gasteiger partial charge in [-0.25, -0.2) is 0 Å². The maximum atomic E-state index is 13.3. The summed E-state index contributed by atoms with van der Waals surface area (Å²) in [5, 5.41) is 0. The number of carbonyl (C=O) groups is 1. The van der Waals surface area contributed by atoms with Gasteiger partial charge in [0.2, 0.25) is 0 Å². The first-order chi connectivity index (χ1) is 9.67. The van der Waals surface area contributed by atoms with Crippen molar-refractivity contribution in [2.24, 2.45) is 16.7 Å². The largest absolute Gasteiger partial charge is 0.298 e. The summed E-state index contributed by atoms with van der Waals surface area (Å²) in [5.74, 6) is 1.47. The molecule has 0 aliphatic heterocycles. The smallest absolute Gasteiger partial charge is 0.146 e. The summed E-state index contributed by atoms with van der Waals surface area (Å²) in [6.07, 6.45) is 10.1. The van der Waals surface area contributed by atoms with Gasteiger partial charge < -0.3 is 0 Å². The summed E-state index contributed by atoms with van der Waals surface area (Å²) in [6, 6.07) is 10.8. The molecule has 0 amide bonds. The second-order valence-corrected chi connectivity index (χ2v) is 7.23. The van der Waals surface area contributed by atoms with Gasteiger partial charge in [-0.2, -0.15) is 0 Å². The predicted octanol–water partition coefficient (Wildman–Crippen LogP) is 4.50. The Morgan fingerprint density at radius 2 is 2.00 bits per heavy atom. The summed E-state index contributed by atoms with van der Waals surface area (Å²) in [4.78, 5) is 13.3. The molecular weight excluding hydrogens is 244 g/mol. The Hall–Kier alpha value is -1.37. The van der Waals surface area contributed by atoms with Crippen LogP contribution in [0.5, 0.6) is 0 Å². The molecule has 0 heterocycles. The van der Waals surface area contributed by atoms with Crippen molar-refractivity contribution in [3.05, 3.63) is 48.0 Å². The average Bonchev–Trinajstić information content (AvgIpc) is 2.93. The summed E-state index contributed by atoms with van der Waals surface area (Å²) in [6.45, 7) is 2.20. The highest BCUT2D eigenvalue weighted by Crippen LogP contribution is 2.66. The van der Waals surface area contributed by atoms with Crippen LogP contribution in [0.25, 0.3) is 0 Å². The van der Waals surface area contributed by atoms with Crippen LogP contribution in [0.15, 0.2) is 42.5 Å². The molecule has 1 aromatic rings. The van der Waals surface area contributed by atoms with Gasteiger partial charge in [0, 0.05) is 10.8 Å². The molecule has 2 saturated carbocycles. The summed E-state index contributed by atoms with van der Waals surface area (Å²) < 4.78 is 0. The number of carbonyl (C=O) groups excluding carboxylic acids is 1. The molecule has 1 nitrogen and oxygen atoms in total. The van der Waals surface area contributed by atoms with Crippen LogP contribution < -0.4 is 0 Å². The third kappa shape index (κ3) is 1.41. The number of hydrogen-bond acceptors (Lipinski definition) is 1. The van der Waals surface area contributed by atoms with E-state index < -0.39 is 0 Å². The number of Topliss-reactive ketones (excluding diaryl/α,β-unsaturated/α-hetero) is 1. The number of rotatable bonds is 1. The first kappa shape index (κ1) is 12.4. The minimum absolute atomic E-state index is 0.0941.